The van der Waals surface area contributed by atoms with Crippen molar-refractivity contribution in [3.8, 4) is 11.4 Å². The molecular formula is C16H13N4+. The molecule has 96 valence electrons. The van der Waals surface area contributed by atoms with Gasteiger partial charge in [0.2, 0.25) is 5.65 Å². The molecule has 0 amide bonds. The topological polar surface area (TPSA) is 26.1 Å². The van der Waals surface area contributed by atoms with Crippen LogP contribution < -0.4 is 4.57 Å². The molecule has 3 aromatic heterocycles. The number of fused-ring (bicyclic) bond motifs is 7. The van der Waals surface area contributed by atoms with Crippen molar-refractivity contribution in [1.29, 1.82) is 0 Å². The Morgan fingerprint density at radius 1 is 1.15 bits per heavy atom. The second kappa shape index (κ2) is 3.28. The van der Waals surface area contributed by atoms with E-state index in [2.05, 4.69) is 62.1 Å². The normalized spacial score (nSPS) is 13.1. The Morgan fingerprint density at radius 3 is 2.90 bits per heavy atom. The van der Waals surface area contributed by atoms with E-state index in [1.54, 1.807) is 0 Å². The minimum absolute atomic E-state index is 0.934. The van der Waals surface area contributed by atoms with Gasteiger partial charge in [-0.3, -0.25) is 4.98 Å². The quantitative estimate of drug-likeness (QED) is 0.392. The second-order valence-corrected chi connectivity index (χ2v) is 5.35. The predicted molar refractivity (Wildman–Crippen MR) is 76.4 cm³/mol. The van der Waals surface area contributed by atoms with Gasteiger partial charge in [0.1, 0.15) is 6.54 Å². The molecule has 0 aliphatic carbocycles. The highest BCUT2D eigenvalue weighted by atomic mass is 15.2. The number of aryl methyl sites for hydroxylation is 1. The Balaban J connectivity index is 2.03. The molecule has 0 bridgehead atoms. The number of hydrogen-bond acceptors (Lipinski definition) is 1. The first-order valence-electron chi connectivity index (χ1n) is 6.76. The highest BCUT2D eigenvalue weighted by Gasteiger charge is 2.32. The number of imidazole rings is 2. The van der Waals surface area contributed by atoms with Crippen LogP contribution in [0.25, 0.3) is 28.1 Å². The van der Waals surface area contributed by atoms with E-state index in [-0.39, 0.29) is 0 Å². The monoisotopic (exact) mass is 261 g/mol. The Hall–Kier alpha value is -2.62. The van der Waals surface area contributed by atoms with Crippen molar-refractivity contribution in [2.75, 3.05) is 0 Å². The van der Waals surface area contributed by atoms with E-state index in [4.69, 9.17) is 0 Å². The third-order valence-corrected chi connectivity index (χ3v) is 4.30. The van der Waals surface area contributed by atoms with Gasteiger partial charge in [0.05, 0.1) is 11.1 Å². The largest absolute Gasteiger partial charge is 0.305 e. The molecule has 4 nitrogen and oxygen atoms in total. The molecule has 0 saturated carbocycles. The maximum absolute atomic E-state index is 4.30. The van der Waals surface area contributed by atoms with Crippen molar-refractivity contribution in [2.45, 2.75) is 6.54 Å². The van der Waals surface area contributed by atoms with Gasteiger partial charge < -0.3 is 4.57 Å². The number of benzene rings is 1. The molecule has 0 N–H and O–H groups in total. The summed E-state index contributed by atoms with van der Waals surface area (Å²) in [5.41, 5.74) is 6.30. The fourth-order valence-electron chi connectivity index (χ4n) is 3.37. The van der Waals surface area contributed by atoms with Crippen molar-refractivity contribution in [1.82, 2.24) is 14.0 Å². The zero-order valence-corrected chi connectivity index (χ0v) is 11.1. The van der Waals surface area contributed by atoms with Gasteiger partial charge in [0, 0.05) is 25.0 Å². The van der Waals surface area contributed by atoms with Crippen LogP contribution in [0.3, 0.4) is 0 Å². The first-order valence-corrected chi connectivity index (χ1v) is 6.76. The number of aromatic nitrogens is 4. The van der Waals surface area contributed by atoms with Crippen LogP contribution in [0, 0.1) is 0 Å². The predicted octanol–water partition coefficient (Wildman–Crippen LogP) is 2.14. The summed E-state index contributed by atoms with van der Waals surface area (Å²) in [5, 5.41) is 0. The molecule has 0 radical (unpaired) electrons. The number of rotatable bonds is 0. The third kappa shape index (κ3) is 1.04. The lowest BCUT2D eigenvalue weighted by Gasteiger charge is -1.92. The number of hydrogen-bond donors (Lipinski definition) is 0. The van der Waals surface area contributed by atoms with Crippen molar-refractivity contribution in [3.63, 3.8) is 0 Å². The van der Waals surface area contributed by atoms with Gasteiger partial charge in [0.15, 0.2) is 11.7 Å². The molecule has 1 aliphatic rings. The van der Waals surface area contributed by atoms with Crippen LogP contribution in [0.15, 0.2) is 48.9 Å². The lowest BCUT2D eigenvalue weighted by Crippen LogP contribution is -2.29. The molecule has 0 saturated heterocycles. The summed E-state index contributed by atoms with van der Waals surface area (Å²) in [7, 11) is 2.12. The molecule has 4 heterocycles. The summed E-state index contributed by atoms with van der Waals surface area (Å²) >= 11 is 0. The molecule has 1 aliphatic heterocycles. The maximum atomic E-state index is 4.30. The maximum Gasteiger partial charge on any atom is 0.298 e. The molecule has 4 heteroatoms. The van der Waals surface area contributed by atoms with Crippen LogP contribution >= 0.6 is 0 Å². The first-order chi connectivity index (χ1) is 9.84. The highest BCUT2D eigenvalue weighted by molar-refractivity contribution is 5.84. The Kier molecular flexibility index (Phi) is 1.67. The molecule has 20 heavy (non-hydrogen) atoms. The Bertz CT molecular complexity index is 990. The lowest BCUT2D eigenvalue weighted by atomic mass is 10.2. The van der Waals surface area contributed by atoms with Crippen LogP contribution in [0.5, 0.6) is 0 Å². The molecular weight excluding hydrogens is 248 g/mol. The summed E-state index contributed by atoms with van der Waals surface area (Å²) < 4.78 is 6.90. The number of nitrogens with zero attached hydrogens (tertiary/aromatic N) is 4. The van der Waals surface area contributed by atoms with Crippen LogP contribution in [0.2, 0.25) is 0 Å². The minimum Gasteiger partial charge on any atom is -0.305 e. The van der Waals surface area contributed by atoms with Crippen LogP contribution in [-0.2, 0) is 13.6 Å². The average molecular weight is 261 g/mol. The second-order valence-electron chi connectivity index (χ2n) is 5.35. The van der Waals surface area contributed by atoms with Crippen LogP contribution in [0.4, 0.5) is 0 Å². The standard InChI is InChI=1S/C16H13N4/c1-18-13-4-2-3-5-14(13)20-15(18)10-19-9-11-6-7-17-8-12(11)16(19)20/h2-8,10H,9H2,1H3/q+1. The van der Waals surface area contributed by atoms with Crippen LogP contribution in [0.1, 0.15) is 5.56 Å². The van der Waals surface area contributed by atoms with Gasteiger partial charge in [0.25, 0.3) is 5.82 Å². The Morgan fingerprint density at radius 2 is 2.00 bits per heavy atom. The lowest BCUT2D eigenvalue weighted by molar-refractivity contribution is -0.670. The van der Waals surface area contributed by atoms with Gasteiger partial charge in [-0.15, -0.1) is 0 Å². The summed E-state index contributed by atoms with van der Waals surface area (Å²) in [5.74, 6) is 1.24. The molecule has 0 unspecified atom stereocenters. The van der Waals surface area contributed by atoms with Gasteiger partial charge in [-0.1, -0.05) is 12.1 Å². The molecule has 4 aromatic rings. The van der Waals surface area contributed by atoms with Crippen molar-refractivity contribution < 1.29 is 4.57 Å². The smallest absolute Gasteiger partial charge is 0.298 e. The molecule has 0 atom stereocenters. The average Bonchev–Trinajstić information content (AvgIpc) is 3.08. The van der Waals surface area contributed by atoms with E-state index < -0.39 is 0 Å². The Labute approximate surface area is 115 Å². The van der Waals surface area contributed by atoms with Crippen molar-refractivity contribution in [2.24, 2.45) is 7.05 Å². The molecule has 5 rings (SSSR count). The first kappa shape index (κ1) is 10.2. The molecule has 0 fully saturated rings. The van der Waals surface area contributed by atoms with E-state index >= 15 is 0 Å². The summed E-state index contributed by atoms with van der Waals surface area (Å²) in [6.45, 7) is 0.934. The third-order valence-electron chi connectivity index (χ3n) is 4.30. The fraction of sp³-hybridized carbons (Fsp3) is 0.125. The van der Waals surface area contributed by atoms with E-state index in [0.717, 1.165) is 6.54 Å². The summed E-state index contributed by atoms with van der Waals surface area (Å²) in [4.78, 5) is 4.30. The molecule has 1 aromatic carbocycles. The van der Waals surface area contributed by atoms with Crippen LogP contribution in [-0.4, -0.2) is 14.0 Å². The van der Waals surface area contributed by atoms with E-state index in [1.807, 2.05) is 12.4 Å². The van der Waals surface area contributed by atoms with Gasteiger partial charge in [-0.25, -0.2) is 4.57 Å². The number of para-hydroxylation sites is 2. The fourth-order valence-corrected chi connectivity index (χ4v) is 3.37. The summed E-state index contributed by atoms with van der Waals surface area (Å²) in [6, 6.07) is 10.6. The number of pyridine rings is 1. The van der Waals surface area contributed by atoms with E-state index in [9.17, 15) is 0 Å². The van der Waals surface area contributed by atoms with Crippen molar-refractivity contribution >= 4 is 16.7 Å². The zero-order valence-electron chi connectivity index (χ0n) is 11.1. The van der Waals surface area contributed by atoms with E-state index in [0.29, 0.717) is 0 Å². The van der Waals surface area contributed by atoms with Gasteiger partial charge in [-0.05, 0) is 18.2 Å². The van der Waals surface area contributed by atoms with E-state index in [1.165, 1.54) is 33.6 Å². The SMILES string of the molecule is Cn1c2ccccc2n2c3[n+](cc12)Cc1ccncc1-3. The highest BCUT2D eigenvalue weighted by Crippen LogP contribution is 2.30. The minimum atomic E-state index is 0.934. The zero-order chi connectivity index (χ0) is 13.3. The van der Waals surface area contributed by atoms with Gasteiger partial charge in [-0.2, -0.15) is 4.40 Å². The van der Waals surface area contributed by atoms with Gasteiger partial charge >= 0.3 is 0 Å². The molecule has 0 spiro atoms. The summed E-state index contributed by atoms with van der Waals surface area (Å²) in [6.07, 6.45) is 6.08. The van der Waals surface area contributed by atoms with Crippen molar-refractivity contribution in [3.05, 3.63) is 54.5 Å².